The molecular weight excluding hydrogens is 453 g/mol. The molecule has 1 aliphatic rings. The Bertz CT molecular complexity index is 1340. The van der Waals surface area contributed by atoms with Gasteiger partial charge in [-0.1, -0.05) is 6.07 Å². The second-order valence-corrected chi connectivity index (χ2v) is 8.94. The van der Waals surface area contributed by atoms with Crippen LogP contribution in [0.2, 0.25) is 0 Å². The van der Waals surface area contributed by atoms with Crippen LogP contribution < -0.4 is 19.7 Å². The molecule has 0 aromatic heterocycles. The lowest BCUT2D eigenvalue weighted by Gasteiger charge is -2.39. The lowest BCUT2D eigenvalue weighted by Crippen LogP contribution is -2.52. The number of hydrogen-bond acceptors (Lipinski definition) is 6. The molecule has 9 heteroatoms. The van der Waals surface area contributed by atoms with Crippen LogP contribution in [0.5, 0.6) is 11.5 Å². The van der Waals surface area contributed by atoms with Crippen LogP contribution in [0.3, 0.4) is 0 Å². The molecule has 1 heterocycles. The lowest BCUT2D eigenvalue weighted by atomic mass is 9.92. The number of aryl methyl sites for hydroxylation is 1. The number of ether oxygens (including phenoxy) is 2. The zero-order chi connectivity index (χ0) is 25.5. The van der Waals surface area contributed by atoms with Gasteiger partial charge in [-0.2, -0.15) is 0 Å². The van der Waals surface area contributed by atoms with E-state index in [4.69, 9.17) is 9.47 Å². The topological polar surface area (TPSA) is 93.9 Å². The van der Waals surface area contributed by atoms with Crippen molar-refractivity contribution in [3.8, 4) is 22.6 Å². The first-order chi connectivity index (χ1) is 16.5. The summed E-state index contributed by atoms with van der Waals surface area (Å²) in [6, 6.07) is 12.4. The third-order valence-corrected chi connectivity index (χ3v) is 6.11. The molecule has 0 atom stereocenters. The number of anilines is 2. The predicted molar refractivity (Wildman–Crippen MR) is 132 cm³/mol. The van der Waals surface area contributed by atoms with E-state index in [0.717, 1.165) is 11.3 Å². The highest BCUT2D eigenvalue weighted by atomic mass is 19.1. The third kappa shape index (κ3) is 4.37. The van der Waals surface area contributed by atoms with Crippen molar-refractivity contribution >= 4 is 23.0 Å². The number of rotatable bonds is 6. The molecule has 1 aliphatic heterocycles. The fraction of sp³-hybridized carbons (Fsp3) is 0.269. The van der Waals surface area contributed by atoms with Gasteiger partial charge in [0.25, 0.3) is 11.6 Å². The van der Waals surface area contributed by atoms with E-state index >= 15 is 0 Å². The number of likely N-dealkylation sites (N-methyl/N-ethyl adjacent to an activating group) is 1. The smallest absolute Gasteiger partial charge is 0.273 e. The number of hydrogen-bond donors (Lipinski definition) is 1. The fourth-order valence-corrected chi connectivity index (χ4v) is 4.33. The molecule has 1 amide bonds. The van der Waals surface area contributed by atoms with Crippen molar-refractivity contribution in [1.29, 1.82) is 0 Å². The number of fused-ring (bicyclic) bond motifs is 1. The Labute approximate surface area is 202 Å². The summed E-state index contributed by atoms with van der Waals surface area (Å²) in [6.07, 6.45) is 0. The van der Waals surface area contributed by atoms with Gasteiger partial charge >= 0.3 is 0 Å². The molecule has 0 spiro atoms. The lowest BCUT2D eigenvalue weighted by molar-refractivity contribution is -0.385. The maximum atomic E-state index is 13.9. The van der Waals surface area contributed by atoms with Crippen molar-refractivity contribution in [1.82, 2.24) is 0 Å². The van der Waals surface area contributed by atoms with Crippen LogP contribution >= 0.6 is 0 Å². The van der Waals surface area contributed by atoms with E-state index in [9.17, 15) is 19.3 Å². The van der Waals surface area contributed by atoms with Crippen molar-refractivity contribution in [3.63, 3.8) is 0 Å². The molecule has 4 rings (SSSR count). The molecule has 3 aromatic carbocycles. The number of halogens is 1. The summed E-state index contributed by atoms with van der Waals surface area (Å²) in [7, 11) is 3.15. The van der Waals surface area contributed by atoms with Gasteiger partial charge in [0.1, 0.15) is 29.5 Å². The number of nitro groups is 1. The first-order valence-corrected chi connectivity index (χ1v) is 11.0. The van der Waals surface area contributed by atoms with E-state index in [-0.39, 0.29) is 18.2 Å². The number of nitrogens with zero attached hydrogens (tertiary/aromatic N) is 2. The normalized spacial score (nSPS) is 14.2. The van der Waals surface area contributed by atoms with Gasteiger partial charge in [0.15, 0.2) is 0 Å². The first kappa shape index (κ1) is 24.0. The highest BCUT2D eigenvalue weighted by Gasteiger charge is 2.38. The second-order valence-electron chi connectivity index (χ2n) is 8.94. The standard InChI is InChI=1S/C26H26FN3O5/c1-15-6-8-17(30(32)33)13-22(15)35-14-20-18(19-9-7-16(27)12-23(19)34-5)10-11-21-24(20)29(4)25(31)26(2,3)28-21/h6-13,28H,14H2,1-5H3. The van der Waals surface area contributed by atoms with Crippen LogP contribution in [0.1, 0.15) is 25.0 Å². The van der Waals surface area contributed by atoms with E-state index < -0.39 is 16.3 Å². The van der Waals surface area contributed by atoms with E-state index in [1.54, 1.807) is 44.9 Å². The maximum absolute atomic E-state index is 13.9. The third-order valence-electron chi connectivity index (χ3n) is 6.11. The molecule has 0 unspecified atom stereocenters. The van der Waals surface area contributed by atoms with Crippen LogP contribution in [-0.2, 0) is 11.4 Å². The number of nitro benzene ring substituents is 1. The highest BCUT2D eigenvalue weighted by molar-refractivity contribution is 6.08. The molecule has 0 fully saturated rings. The van der Waals surface area contributed by atoms with Gasteiger partial charge in [0, 0.05) is 30.3 Å². The summed E-state index contributed by atoms with van der Waals surface area (Å²) in [5, 5.41) is 14.5. The Hall–Kier alpha value is -4.14. The average Bonchev–Trinajstić information content (AvgIpc) is 2.81. The highest BCUT2D eigenvalue weighted by Crippen LogP contribution is 2.44. The first-order valence-electron chi connectivity index (χ1n) is 11.0. The number of nitrogens with one attached hydrogen (secondary N) is 1. The van der Waals surface area contributed by atoms with Gasteiger partial charge in [-0.05, 0) is 56.2 Å². The Morgan fingerprint density at radius 2 is 1.80 bits per heavy atom. The number of amides is 1. The predicted octanol–water partition coefficient (Wildman–Crippen LogP) is 5.46. The van der Waals surface area contributed by atoms with Crippen molar-refractivity contribution in [2.24, 2.45) is 0 Å². The van der Waals surface area contributed by atoms with Crippen LogP contribution in [0.15, 0.2) is 48.5 Å². The quantitative estimate of drug-likeness (QED) is 0.373. The molecule has 1 N–H and O–H groups in total. The summed E-state index contributed by atoms with van der Waals surface area (Å²) in [5.74, 6) is 0.105. The molecule has 0 aliphatic carbocycles. The molecule has 182 valence electrons. The number of methoxy groups -OCH3 is 1. The summed E-state index contributed by atoms with van der Waals surface area (Å²) in [6.45, 7) is 5.40. The fourth-order valence-electron chi connectivity index (χ4n) is 4.33. The Kier molecular flexibility index (Phi) is 6.10. The van der Waals surface area contributed by atoms with E-state index in [1.165, 1.54) is 31.4 Å². The number of carbonyl (C=O) groups is 1. The second kappa shape index (κ2) is 8.90. The largest absolute Gasteiger partial charge is 0.496 e. The number of non-ortho nitro benzene ring substituents is 1. The van der Waals surface area contributed by atoms with E-state index in [1.807, 2.05) is 12.1 Å². The molecule has 0 saturated carbocycles. The van der Waals surface area contributed by atoms with Crippen molar-refractivity contribution in [3.05, 3.63) is 75.6 Å². The Balaban J connectivity index is 1.88. The van der Waals surface area contributed by atoms with Crippen LogP contribution in [0.4, 0.5) is 21.5 Å². The molecule has 8 nitrogen and oxygen atoms in total. The maximum Gasteiger partial charge on any atom is 0.273 e. The number of benzene rings is 3. The average molecular weight is 480 g/mol. The summed E-state index contributed by atoms with van der Waals surface area (Å²) >= 11 is 0. The van der Waals surface area contributed by atoms with Crippen molar-refractivity contribution < 1.29 is 23.6 Å². The Morgan fingerprint density at radius 1 is 1.09 bits per heavy atom. The monoisotopic (exact) mass is 479 g/mol. The Morgan fingerprint density at radius 3 is 2.49 bits per heavy atom. The summed E-state index contributed by atoms with van der Waals surface area (Å²) in [5.41, 5.74) is 3.13. The van der Waals surface area contributed by atoms with Crippen molar-refractivity contribution in [2.75, 3.05) is 24.4 Å². The van der Waals surface area contributed by atoms with Crippen LogP contribution in [-0.4, -0.2) is 30.5 Å². The molecule has 35 heavy (non-hydrogen) atoms. The zero-order valence-electron chi connectivity index (χ0n) is 20.1. The summed E-state index contributed by atoms with van der Waals surface area (Å²) < 4.78 is 25.4. The van der Waals surface area contributed by atoms with Gasteiger partial charge in [-0.3, -0.25) is 14.9 Å². The van der Waals surface area contributed by atoms with E-state index in [2.05, 4.69) is 5.32 Å². The molecule has 3 aromatic rings. The zero-order valence-corrected chi connectivity index (χ0v) is 20.1. The minimum atomic E-state index is -0.814. The minimum absolute atomic E-state index is 0.000767. The van der Waals surface area contributed by atoms with E-state index in [0.29, 0.717) is 33.9 Å². The SMILES string of the molecule is COc1cc(F)ccc1-c1ccc2c(c1COc1cc([N+](=O)[O-])ccc1C)N(C)C(=O)C(C)(C)N2. The van der Waals surface area contributed by atoms with Gasteiger partial charge in [-0.15, -0.1) is 0 Å². The van der Waals surface area contributed by atoms with Gasteiger partial charge in [-0.25, -0.2) is 4.39 Å². The minimum Gasteiger partial charge on any atom is -0.496 e. The summed E-state index contributed by atoms with van der Waals surface area (Å²) in [4.78, 5) is 25.5. The molecular formula is C26H26FN3O5. The molecule has 0 saturated heterocycles. The van der Waals surface area contributed by atoms with Crippen molar-refractivity contribution in [2.45, 2.75) is 32.9 Å². The molecule has 0 bridgehead atoms. The van der Waals surface area contributed by atoms with Gasteiger partial charge in [0.2, 0.25) is 0 Å². The molecule has 0 radical (unpaired) electrons. The van der Waals surface area contributed by atoms with Gasteiger partial charge in [0.05, 0.1) is 29.5 Å². The van der Waals surface area contributed by atoms with Crippen LogP contribution in [0, 0.1) is 22.9 Å². The van der Waals surface area contributed by atoms with Gasteiger partial charge < -0.3 is 19.7 Å². The number of carbonyl (C=O) groups excluding carboxylic acids is 1. The van der Waals surface area contributed by atoms with Crippen LogP contribution in [0.25, 0.3) is 11.1 Å².